The summed E-state index contributed by atoms with van der Waals surface area (Å²) in [5.41, 5.74) is 1.97. The first kappa shape index (κ1) is 19.9. The van der Waals surface area contributed by atoms with E-state index in [1.807, 2.05) is 19.1 Å². The van der Waals surface area contributed by atoms with Crippen LogP contribution >= 0.6 is 0 Å². The molecule has 0 aliphatic heterocycles. The van der Waals surface area contributed by atoms with Crippen molar-refractivity contribution in [2.45, 2.75) is 25.2 Å². The minimum atomic E-state index is -3.69. The summed E-state index contributed by atoms with van der Waals surface area (Å²) in [7, 11) is -3.69. The normalized spacial score (nSPS) is 11.2. The van der Waals surface area contributed by atoms with Gasteiger partial charge in [-0.15, -0.1) is 0 Å². The first-order valence-electron chi connectivity index (χ1n) is 8.61. The van der Waals surface area contributed by atoms with Crippen LogP contribution in [0.2, 0.25) is 0 Å². The minimum Gasteiger partial charge on any atom is -0.351 e. The number of hydrogen-bond donors (Lipinski definition) is 3. The van der Waals surface area contributed by atoms with Crippen molar-refractivity contribution in [2.24, 2.45) is 0 Å². The van der Waals surface area contributed by atoms with E-state index >= 15 is 0 Å². The highest BCUT2D eigenvalue weighted by Crippen LogP contribution is 2.17. The number of amides is 1. The molecule has 7 heteroatoms. The highest BCUT2D eigenvalue weighted by molar-refractivity contribution is 7.92. The average Bonchev–Trinajstić information content (AvgIpc) is 2.63. The molecule has 0 atom stereocenters. The summed E-state index contributed by atoms with van der Waals surface area (Å²) in [5, 5.41) is 5.99. The molecule has 0 heterocycles. The van der Waals surface area contributed by atoms with Crippen LogP contribution in [0.15, 0.2) is 53.4 Å². The quantitative estimate of drug-likeness (QED) is 0.588. The van der Waals surface area contributed by atoms with Crippen molar-refractivity contribution in [3.05, 3.63) is 59.7 Å². The number of sulfonamides is 1. The lowest BCUT2D eigenvalue weighted by Gasteiger charge is -2.09. The van der Waals surface area contributed by atoms with Gasteiger partial charge in [-0.2, -0.15) is 0 Å². The molecule has 0 radical (unpaired) electrons. The molecule has 2 aromatic carbocycles. The van der Waals surface area contributed by atoms with Crippen molar-refractivity contribution in [2.75, 3.05) is 24.4 Å². The first-order chi connectivity index (χ1) is 12.4. The molecular weight excluding hydrogens is 350 g/mol. The zero-order chi connectivity index (χ0) is 19.0. The van der Waals surface area contributed by atoms with E-state index in [0.29, 0.717) is 24.3 Å². The molecule has 0 fully saturated rings. The van der Waals surface area contributed by atoms with Crippen LogP contribution in [0.1, 0.15) is 29.3 Å². The lowest BCUT2D eigenvalue weighted by Crippen LogP contribution is -2.32. The SMILES string of the molecule is CCCNCCNC(=O)c1ccc(S(=O)(=O)Nc2ccc(C)cc2)cc1. The number of carbonyl (C=O) groups is 1. The smallest absolute Gasteiger partial charge is 0.261 e. The van der Waals surface area contributed by atoms with E-state index in [2.05, 4.69) is 22.3 Å². The van der Waals surface area contributed by atoms with Crippen molar-refractivity contribution in [3.8, 4) is 0 Å². The summed E-state index contributed by atoms with van der Waals surface area (Å²) in [6.07, 6.45) is 1.04. The predicted molar refractivity (Wildman–Crippen MR) is 104 cm³/mol. The highest BCUT2D eigenvalue weighted by atomic mass is 32.2. The van der Waals surface area contributed by atoms with Gasteiger partial charge in [-0.05, 0) is 56.3 Å². The number of aryl methyl sites for hydroxylation is 1. The number of hydrogen-bond acceptors (Lipinski definition) is 4. The fourth-order valence-corrected chi connectivity index (χ4v) is 3.35. The maximum atomic E-state index is 12.4. The number of rotatable bonds is 9. The van der Waals surface area contributed by atoms with Gasteiger partial charge < -0.3 is 10.6 Å². The first-order valence-corrected chi connectivity index (χ1v) is 10.1. The Morgan fingerprint density at radius 2 is 1.58 bits per heavy atom. The van der Waals surface area contributed by atoms with Crippen LogP contribution in [0.5, 0.6) is 0 Å². The third kappa shape index (κ3) is 5.86. The standard InChI is InChI=1S/C19H25N3O3S/c1-3-12-20-13-14-21-19(23)16-6-10-18(11-7-16)26(24,25)22-17-8-4-15(2)5-9-17/h4-11,20,22H,3,12-14H2,1-2H3,(H,21,23). The van der Waals surface area contributed by atoms with E-state index in [-0.39, 0.29) is 10.8 Å². The Hall–Kier alpha value is -2.38. The summed E-state index contributed by atoms with van der Waals surface area (Å²) in [5.74, 6) is -0.223. The molecule has 0 aliphatic rings. The van der Waals surface area contributed by atoms with Crippen molar-refractivity contribution in [1.29, 1.82) is 0 Å². The third-order valence-electron chi connectivity index (χ3n) is 3.74. The lowest BCUT2D eigenvalue weighted by molar-refractivity contribution is 0.0954. The van der Waals surface area contributed by atoms with Crippen LogP contribution in [0.3, 0.4) is 0 Å². The van der Waals surface area contributed by atoms with Crippen LogP contribution in [-0.2, 0) is 10.0 Å². The van der Waals surface area contributed by atoms with Gasteiger partial charge in [-0.1, -0.05) is 24.6 Å². The Morgan fingerprint density at radius 1 is 0.923 bits per heavy atom. The monoisotopic (exact) mass is 375 g/mol. The van der Waals surface area contributed by atoms with Gasteiger partial charge in [0, 0.05) is 24.3 Å². The van der Waals surface area contributed by atoms with Crippen molar-refractivity contribution in [3.63, 3.8) is 0 Å². The molecule has 1 amide bonds. The zero-order valence-electron chi connectivity index (χ0n) is 15.1. The maximum absolute atomic E-state index is 12.4. The molecule has 6 nitrogen and oxygen atoms in total. The van der Waals surface area contributed by atoms with Crippen LogP contribution < -0.4 is 15.4 Å². The summed E-state index contributed by atoms with van der Waals surface area (Å²) in [4.78, 5) is 12.2. The van der Waals surface area contributed by atoms with E-state index in [0.717, 1.165) is 18.5 Å². The highest BCUT2D eigenvalue weighted by Gasteiger charge is 2.15. The molecule has 0 spiro atoms. The second kappa shape index (κ2) is 9.35. The van der Waals surface area contributed by atoms with Gasteiger partial charge in [0.1, 0.15) is 0 Å². The second-order valence-corrected chi connectivity index (χ2v) is 7.68. The van der Waals surface area contributed by atoms with Crippen LogP contribution in [0.4, 0.5) is 5.69 Å². The van der Waals surface area contributed by atoms with Gasteiger partial charge in [-0.3, -0.25) is 9.52 Å². The molecule has 3 N–H and O–H groups in total. The summed E-state index contributed by atoms with van der Waals surface area (Å²) < 4.78 is 27.4. The molecule has 0 unspecified atom stereocenters. The lowest BCUT2D eigenvalue weighted by atomic mass is 10.2. The topological polar surface area (TPSA) is 87.3 Å². The van der Waals surface area contributed by atoms with E-state index in [1.165, 1.54) is 24.3 Å². The molecule has 140 valence electrons. The van der Waals surface area contributed by atoms with E-state index in [4.69, 9.17) is 0 Å². The molecular formula is C19H25N3O3S. The third-order valence-corrected chi connectivity index (χ3v) is 5.14. The molecule has 0 bridgehead atoms. The minimum absolute atomic E-state index is 0.110. The van der Waals surface area contributed by atoms with Gasteiger partial charge >= 0.3 is 0 Å². The summed E-state index contributed by atoms with van der Waals surface area (Å²) >= 11 is 0. The second-order valence-electron chi connectivity index (χ2n) is 6.00. The predicted octanol–water partition coefficient (Wildman–Crippen LogP) is 2.53. The Labute approximate surface area is 155 Å². The largest absolute Gasteiger partial charge is 0.351 e. The number of nitrogens with one attached hydrogen (secondary N) is 3. The Kier molecular flexibility index (Phi) is 7.17. The van der Waals surface area contributed by atoms with Gasteiger partial charge in [0.05, 0.1) is 4.90 Å². The molecule has 2 aromatic rings. The molecule has 26 heavy (non-hydrogen) atoms. The maximum Gasteiger partial charge on any atom is 0.261 e. The molecule has 0 aliphatic carbocycles. The number of anilines is 1. The number of benzene rings is 2. The van der Waals surface area contributed by atoms with Gasteiger partial charge in [0.25, 0.3) is 15.9 Å². The average molecular weight is 375 g/mol. The number of carbonyl (C=O) groups excluding carboxylic acids is 1. The molecule has 0 aromatic heterocycles. The van der Waals surface area contributed by atoms with Gasteiger partial charge in [-0.25, -0.2) is 8.42 Å². The van der Waals surface area contributed by atoms with Gasteiger partial charge in [0.2, 0.25) is 0 Å². The van der Waals surface area contributed by atoms with Crippen LogP contribution in [-0.4, -0.2) is 34.0 Å². The van der Waals surface area contributed by atoms with Crippen molar-refractivity contribution < 1.29 is 13.2 Å². The zero-order valence-corrected chi connectivity index (χ0v) is 15.9. The van der Waals surface area contributed by atoms with E-state index in [9.17, 15) is 13.2 Å². The van der Waals surface area contributed by atoms with Gasteiger partial charge in [0.15, 0.2) is 0 Å². The van der Waals surface area contributed by atoms with Crippen molar-refractivity contribution >= 4 is 21.6 Å². The van der Waals surface area contributed by atoms with Crippen LogP contribution in [0, 0.1) is 6.92 Å². The Balaban J connectivity index is 1.96. The Morgan fingerprint density at radius 3 is 2.19 bits per heavy atom. The molecule has 2 rings (SSSR count). The fourth-order valence-electron chi connectivity index (χ4n) is 2.29. The molecule has 0 saturated heterocycles. The molecule has 0 saturated carbocycles. The summed E-state index contributed by atoms with van der Waals surface area (Å²) in [6, 6.07) is 13.0. The summed E-state index contributed by atoms with van der Waals surface area (Å²) in [6.45, 7) is 6.15. The Bertz CT molecular complexity index is 816. The van der Waals surface area contributed by atoms with Crippen LogP contribution in [0.25, 0.3) is 0 Å². The van der Waals surface area contributed by atoms with E-state index < -0.39 is 10.0 Å². The van der Waals surface area contributed by atoms with Crippen molar-refractivity contribution in [1.82, 2.24) is 10.6 Å². The fraction of sp³-hybridized carbons (Fsp3) is 0.316. The van der Waals surface area contributed by atoms with E-state index in [1.54, 1.807) is 12.1 Å².